The van der Waals surface area contributed by atoms with Crippen LogP contribution in [-0.4, -0.2) is 18.6 Å². The summed E-state index contributed by atoms with van der Waals surface area (Å²) in [7, 11) is 1.69. The first-order valence-corrected chi connectivity index (χ1v) is 7.35. The Bertz CT molecular complexity index is 507. The number of aromatic nitrogens is 1. The highest BCUT2D eigenvalue weighted by atomic mass is 32.1. The summed E-state index contributed by atoms with van der Waals surface area (Å²) in [5, 5.41) is 6.76. The number of methoxy groups -OCH3 is 1. The Morgan fingerprint density at radius 1 is 1.32 bits per heavy atom. The second-order valence-electron chi connectivity index (χ2n) is 4.60. The number of benzene rings is 1. The first kappa shape index (κ1) is 14.0. The maximum Gasteiger partial charge on any atom is 0.118 e. The highest BCUT2D eigenvalue weighted by Crippen LogP contribution is 2.17. The van der Waals surface area contributed by atoms with Crippen molar-refractivity contribution in [1.29, 1.82) is 0 Å². The standard InChI is InChI=1S/C15H20N2OS/c1-11-10-19-15(17-11)12(2)16-9-8-13-4-6-14(18-3)7-5-13/h4-7,10,12,16H,8-9H2,1-3H3. The van der Waals surface area contributed by atoms with Gasteiger partial charge in [0, 0.05) is 11.1 Å². The minimum absolute atomic E-state index is 0.317. The van der Waals surface area contributed by atoms with Crippen LogP contribution in [0.15, 0.2) is 29.6 Å². The first-order valence-electron chi connectivity index (χ1n) is 6.47. The van der Waals surface area contributed by atoms with Crippen LogP contribution in [0.5, 0.6) is 5.75 Å². The Morgan fingerprint density at radius 2 is 2.05 bits per heavy atom. The Kier molecular flexibility index (Phi) is 4.93. The van der Waals surface area contributed by atoms with Gasteiger partial charge in [0.1, 0.15) is 10.8 Å². The number of hydrogen-bond acceptors (Lipinski definition) is 4. The lowest BCUT2D eigenvalue weighted by Gasteiger charge is -2.11. The fourth-order valence-corrected chi connectivity index (χ4v) is 2.71. The molecule has 1 unspecified atom stereocenters. The predicted octanol–water partition coefficient (Wildman–Crippen LogP) is 3.35. The van der Waals surface area contributed by atoms with E-state index in [1.54, 1.807) is 18.4 Å². The van der Waals surface area contributed by atoms with Gasteiger partial charge in [-0.25, -0.2) is 4.98 Å². The minimum Gasteiger partial charge on any atom is -0.497 e. The summed E-state index contributed by atoms with van der Waals surface area (Å²) < 4.78 is 5.15. The van der Waals surface area contributed by atoms with Gasteiger partial charge in [-0.05, 0) is 44.5 Å². The van der Waals surface area contributed by atoms with Gasteiger partial charge in [0.05, 0.1) is 13.2 Å². The molecule has 4 heteroatoms. The fourth-order valence-electron chi connectivity index (χ4n) is 1.88. The molecule has 1 atom stereocenters. The van der Waals surface area contributed by atoms with Gasteiger partial charge in [-0.2, -0.15) is 0 Å². The van der Waals surface area contributed by atoms with Crippen LogP contribution in [0, 0.1) is 6.92 Å². The molecule has 0 aliphatic heterocycles. The average Bonchev–Trinajstić information content (AvgIpc) is 2.86. The summed E-state index contributed by atoms with van der Waals surface area (Å²) in [5.41, 5.74) is 2.42. The molecule has 102 valence electrons. The Labute approximate surface area is 118 Å². The molecular weight excluding hydrogens is 256 g/mol. The second-order valence-corrected chi connectivity index (χ2v) is 5.49. The third-order valence-electron chi connectivity index (χ3n) is 3.03. The molecule has 1 heterocycles. The van der Waals surface area contributed by atoms with Gasteiger partial charge >= 0.3 is 0 Å². The van der Waals surface area contributed by atoms with Crippen molar-refractivity contribution in [3.05, 3.63) is 45.9 Å². The maximum absolute atomic E-state index is 5.15. The van der Waals surface area contributed by atoms with Crippen LogP contribution >= 0.6 is 11.3 Å². The Balaban J connectivity index is 1.79. The lowest BCUT2D eigenvalue weighted by atomic mass is 10.1. The zero-order chi connectivity index (χ0) is 13.7. The van der Waals surface area contributed by atoms with Crippen LogP contribution < -0.4 is 10.1 Å². The molecule has 2 aromatic rings. The highest BCUT2D eigenvalue weighted by molar-refractivity contribution is 7.09. The van der Waals surface area contributed by atoms with Crippen molar-refractivity contribution < 1.29 is 4.74 Å². The number of aryl methyl sites for hydroxylation is 1. The van der Waals surface area contributed by atoms with Crippen molar-refractivity contribution in [3.63, 3.8) is 0 Å². The molecule has 0 spiro atoms. The molecule has 0 amide bonds. The van der Waals surface area contributed by atoms with E-state index in [-0.39, 0.29) is 0 Å². The third kappa shape index (κ3) is 4.04. The summed E-state index contributed by atoms with van der Waals surface area (Å²) in [6.45, 7) is 5.14. The van der Waals surface area contributed by atoms with E-state index >= 15 is 0 Å². The van der Waals surface area contributed by atoms with Crippen molar-refractivity contribution in [2.45, 2.75) is 26.3 Å². The smallest absolute Gasteiger partial charge is 0.118 e. The van der Waals surface area contributed by atoms with Crippen LogP contribution in [0.2, 0.25) is 0 Å². The zero-order valence-electron chi connectivity index (χ0n) is 11.6. The van der Waals surface area contributed by atoms with Crippen molar-refractivity contribution in [2.75, 3.05) is 13.7 Å². The molecule has 1 aromatic carbocycles. The van der Waals surface area contributed by atoms with E-state index in [9.17, 15) is 0 Å². The molecule has 0 bridgehead atoms. The maximum atomic E-state index is 5.15. The van der Waals surface area contributed by atoms with E-state index in [0.29, 0.717) is 6.04 Å². The van der Waals surface area contributed by atoms with Crippen LogP contribution in [0.4, 0.5) is 0 Å². The Hall–Kier alpha value is -1.39. The van der Waals surface area contributed by atoms with Gasteiger partial charge in [0.25, 0.3) is 0 Å². The van der Waals surface area contributed by atoms with E-state index in [1.165, 1.54) is 5.56 Å². The summed E-state index contributed by atoms with van der Waals surface area (Å²) in [6.07, 6.45) is 1.01. The molecule has 0 saturated heterocycles. The second kappa shape index (κ2) is 6.68. The first-order chi connectivity index (χ1) is 9.19. The molecule has 0 aliphatic rings. The van der Waals surface area contributed by atoms with Crippen molar-refractivity contribution in [1.82, 2.24) is 10.3 Å². The van der Waals surface area contributed by atoms with E-state index in [4.69, 9.17) is 4.74 Å². The minimum atomic E-state index is 0.317. The number of rotatable bonds is 6. The topological polar surface area (TPSA) is 34.1 Å². The lowest BCUT2D eigenvalue weighted by Crippen LogP contribution is -2.21. The van der Waals surface area contributed by atoms with Gasteiger partial charge in [0.15, 0.2) is 0 Å². The summed E-state index contributed by atoms with van der Waals surface area (Å²) in [5.74, 6) is 0.906. The summed E-state index contributed by atoms with van der Waals surface area (Å²) in [6, 6.07) is 8.54. The molecule has 0 aliphatic carbocycles. The molecule has 19 heavy (non-hydrogen) atoms. The number of ether oxygens (including phenoxy) is 1. The van der Waals surface area contributed by atoms with Crippen molar-refractivity contribution in [3.8, 4) is 5.75 Å². The predicted molar refractivity (Wildman–Crippen MR) is 80.0 cm³/mol. The number of hydrogen-bond donors (Lipinski definition) is 1. The molecule has 2 rings (SSSR count). The van der Waals surface area contributed by atoms with E-state index < -0.39 is 0 Å². The summed E-state index contributed by atoms with van der Waals surface area (Å²) >= 11 is 1.72. The van der Waals surface area contributed by atoms with Crippen molar-refractivity contribution >= 4 is 11.3 Å². The lowest BCUT2D eigenvalue weighted by molar-refractivity contribution is 0.414. The van der Waals surface area contributed by atoms with E-state index in [1.807, 2.05) is 19.1 Å². The highest BCUT2D eigenvalue weighted by Gasteiger charge is 2.08. The van der Waals surface area contributed by atoms with Gasteiger partial charge in [-0.3, -0.25) is 0 Å². The van der Waals surface area contributed by atoms with E-state index in [0.717, 1.165) is 29.4 Å². The van der Waals surface area contributed by atoms with Crippen LogP contribution in [0.25, 0.3) is 0 Å². The largest absolute Gasteiger partial charge is 0.497 e. The average molecular weight is 276 g/mol. The molecule has 3 nitrogen and oxygen atoms in total. The fraction of sp³-hybridized carbons (Fsp3) is 0.400. The van der Waals surface area contributed by atoms with Gasteiger partial charge < -0.3 is 10.1 Å². The Morgan fingerprint density at radius 3 is 2.63 bits per heavy atom. The number of nitrogens with zero attached hydrogens (tertiary/aromatic N) is 1. The summed E-state index contributed by atoms with van der Waals surface area (Å²) in [4.78, 5) is 4.50. The van der Waals surface area contributed by atoms with Gasteiger partial charge in [-0.1, -0.05) is 12.1 Å². The van der Waals surface area contributed by atoms with Crippen LogP contribution in [-0.2, 0) is 6.42 Å². The molecular formula is C15H20N2OS. The quantitative estimate of drug-likeness (QED) is 0.878. The zero-order valence-corrected chi connectivity index (χ0v) is 12.5. The normalized spacial score (nSPS) is 12.4. The van der Waals surface area contributed by atoms with Crippen LogP contribution in [0.1, 0.15) is 29.2 Å². The van der Waals surface area contributed by atoms with Crippen LogP contribution in [0.3, 0.4) is 0 Å². The van der Waals surface area contributed by atoms with Gasteiger partial charge in [-0.15, -0.1) is 11.3 Å². The van der Waals surface area contributed by atoms with E-state index in [2.05, 4.69) is 34.7 Å². The molecule has 1 N–H and O–H groups in total. The molecule has 0 saturated carbocycles. The number of nitrogens with one attached hydrogen (secondary N) is 1. The number of thiazole rings is 1. The van der Waals surface area contributed by atoms with Crippen molar-refractivity contribution in [2.24, 2.45) is 0 Å². The molecule has 0 radical (unpaired) electrons. The monoisotopic (exact) mass is 276 g/mol. The SMILES string of the molecule is COc1ccc(CCNC(C)c2nc(C)cs2)cc1. The molecule has 1 aromatic heterocycles. The third-order valence-corrected chi connectivity index (χ3v) is 4.18. The van der Waals surface area contributed by atoms with Gasteiger partial charge in [0.2, 0.25) is 0 Å². The molecule has 0 fully saturated rings.